The maximum Gasteiger partial charge on any atom is 0.292 e. The van der Waals surface area contributed by atoms with Crippen molar-refractivity contribution in [1.29, 1.82) is 0 Å². The number of alkyl halides is 1. The van der Waals surface area contributed by atoms with Gasteiger partial charge in [0, 0.05) is 34.3 Å². The molecular formula is C40H51ClN6O4. The third kappa shape index (κ3) is 9.22. The topological polar surface area (TPSA) is 128 Å². The van der Waals surface area contributed by atoms with Gasteiger partial charge in [0.05, 0.1) is 6.61 Å². The maximum absolute atomic E-state index is 13.8. The Kier molecular flexibility index (Phi) is 12.1. The molecule has 0 saturated carbocycles. The summed E-state index contributed by atoms with van der Waals surface area (Å²) in [6, 6.07) is 22.1. The highest BCUT2D eigenvalue weighted by Crippen LogP contribution is 2.39. The Balaban J connectivity index is 1.42. The molecule has 2 amide bonds. The minimum atomic E-state index is -2.34. The zero-order valence-corrected chi connectivity index (χ0v) is 32.0. The number of aromatic nitrogens is 4. The number of carbonyl (C=O) groups excluding carboxylic acids is 3. The Bertz CT molecular complexity index is 1850. The average molecular weight is 715 g/mol. The number of ketones is 1. The van der Waals surface area contributed by atoms with E-state index in [1.165, 1.54) is 11.1 Å². The van der Waals surface area contributed by atoms with E-state index in [9.17, 15) is 14.4 Å². The van der Waals surface area contributed by atoms with E-state index in [1.807, 2.05) is 18.2 Å². The Labute approximate surface area is 306 Å². The standard InChI is InChI=1S/C40H51ClN6O4/c1-10-38(6,7)28-22-23-32(31(25-28)39(8,9)11-2)51-24-16-21-33(48)42-29-19-15-20-30(26-29)43-36(50)40(41,35(49)37(3,4)5)47-45-34(44-46-47)27-17-13-12-14-18-27/h12-15,17-20,22-23,25-26H,10-11,16,21,24H2,1-9H3,(H,42,48)(H,43,50). The zero-order chi connectivity index (χ0) is 37.6. The second-order valence-electron chi connectivity index (χ2n) is 15.2. The lowest BCUT2D eigenvalue weighted by Gasteiger charge is -2.30. The first kappa shape index (κ1) is 39.2. The van der Waals surface area contributed by atoms with Gasteiger partial charge in [0.2, 0.25) is 11.7 Å². The number of halogens is 1. The number of Topliss-reactive ketones (excluding diaryl/α,β-unsaturated/α-hetero) is 1. The molecule has 3 aromatic carbocycles. The summed E-state index contributed by atoms with van der Waals surface area (Å²) < 4.78 is 6.24. The van der Waals surface area contributed by atoms with Gasteiger partial charge in [0.25, 0.3) is 10.9 Å². The van der Waals surface area contributed by atoms with Crippen molar-refractivity contribution in [3.63, 3.8) is 0 Å². The van der Waals surface area contributed by atoms with Gasteiger partial charge in [-0.3, -0.25) is 14.4 Å². The maximum atomic E-state index is 13.8. The highest BCUT2D eigenvalue weighted by Gasteiger charge is 2.53. The number of anilines is 2. The summed E-state index contributed by atoms with van der Waals surface area (Å²) in [4.78, 5) is 38.9. The highest BCUT2D eigenvalue weighted by atomic mass is 35.5. The Morgan fingerprint density at radius 2 is 1.45 bits per heavy atom. The average Bonchev–Trinajstić information content (AvgIpc) is 3.60. The smallest absolute Gasteiger partial charge is 0.292 e. The highest BCUT2D eigenvalue weighted by molar-refractivity contribution is 6.45. The van der Waals surface area contributed by atoms with E-state index in [2.05, 4.69) is 85.8 Å². The first-order chi connectivity index (χ1) is 23.9. The number of carbonyl (C=O) groups is 3. The van der Waals surface area contributed by atoms with Crippen LogP contribution in [0.4, 0.5) is 11.4 Å². The number of ether oxygens (including phenoxy) is 1. The van der Waals surface area contributed by atoms with Gasteiger partial charge in [-0.05, 0) is 65.1 Å². The molecule has 1 atom stereocenters. The van der Waals surface area contributed by atoms with E-state index >= 15 is 0 Å². The van der Waals surface area contributed by atoms with Gasteiger partial charge >= 0.3 is 0 Å². The van der Waals surface area contributed by atoms with E-state index in [1.54, 1.807) is 57.2 Å². The first-order valence-corrected chi connectivity index (χ1v) is 17.9. The van der Waals surface area contributed by atoms with Crippen LogP contribution in [0.1, 0.15) is 99.1 Å². The number of tetrazole rings is 1. The second-order valence-corrected chi connectivity index (χ2v) is 15.7. The van der Waals surface area contributed by atoms with Crippen molar-refractivity contribution in [2.45, 2.75) is 104 Å². The van der Waals surface area contributed by atoms with Crippen LogP contribution in [0, 0.1) is 5.41 Å². The van der Waals surface area contributed by atoms with Crippen molar-refractivity contribution in [2.75, 3.05) is 17.2 Å². The van der Waals surface area contributed by atoms with Crippen molar-refractivity contribution < 1.29 is 19.1 Å². The second kappa shape index (κ2) is 15.8. The van der Waals surface area contributed by atoms with Crippen molar-refractivity contribution >= 4 is 40.6 Å². The molecule has 0 fully saturated rings. The van der Waals surface area contributed by atoms with Crippen molar-refractivity contribution in [3.8, 4) is 17.1 Å². The molecule has 0 spiro atoms. The lowest BCUT2D eigenvalue weighted by Crippen LogP contribution is -2.52. The Morgan fingerprint density at radius 3 is 2.08 bits per heavy atom. The van der Waals surface area contributed by atoms with Gasteiger partial charge < -0.3 is 15.4 Å². The van der Waals surface area contributed by atoms with E-state index in [0.29, 0.717) is 30.0 Å². The number of nitrogens with one attached hydrogen (secondary N) is 2. The lowest BCUT2D eigenvalue weighted by atomic mass is 9.76. The number of rotatable bonds is 15. The van der Waals surface area contributed by atoms with E-state index < -0.39 is 22.1 Å². The summed E-state index contributed by atoms with van der Waals surface area (Å²) in [5.41, 5.74) is 2.87. The summed E-state index contributed by atoms with van der Waals surface area (Å²) in [5, 5.41) is 18.0. The summed E-state index contributed by atoms with van der Waals surface area (Å²) in [7, 11) is 0. The molecule has 0 aliphatic heterocycles. The monoisotopic (exact) mass is 714 g/mol. The van der Waals surface area contributed by atoms with Crippen LogP contribution >= 0.6 is 11.6 Å². The summed E-state index contributed by atoms with van der Waals surface area (Å²) in [5.74, 6) is -0.628. The molecule has 1 unspecified atom stereocenters. The molecule has 4 aromatic rings. The molecular weight excluding hydrogens is 664 g/mol. The quantitative estimate of drug-likeness (QED) is 0.0717. The zero-order valence-electron chi connectivity index (χ0n) is 31.3. The normalized spacial score (nSPS) is 13.3. The third-order valence-electron chi connectivity index (χ3n) is 9.47. The Hall–Kier alpha value is -4.57. The molecule has 1 aromatic heterocycles. The van der Waals surface area contributed by atoms with E-state index in [0.717, 1.165) is 23.4 Å². The van der Waals surface area contributed by atoms with Crippen LogP contribution in [0.2, 0.25) is 0 Å². The number of hydrogen-bond donors (Lipinski definition) is 2. The molecule has 0 aliphatic carbocycles. The van der Waals surface area contributed by atoms with Crippen LogP contribution in [0.15, 0.2) is 72.8 Å². The fourth-order valence-electron chi connectivity index (χ4n) is 5.36. The summed E-state index contributed by atoms with van der Waals surface area (Å²) in [6.45, 7) is 18.7. The molecule has 11 heteroatoms. The van der Waals surface area contributed by atoms with Crippen LogP contribution in [0.25, 0.3) is 11.4 Å². The number of benzene rings is 3. The van der Waals surface area contributed by atoms with Crippen LogP contribution in [0.3, 0.4) is 0 Å². The molecule has 51 heavy (non-hydrogen) atoms. The molecule has 10 nitrogen and oxygen atoms in total. The van der Waals surface area contributed by atoms with Crippen LogP contribution in [0.5, 0.6) is 5.75 Å². The third-order valence-corrected chi connectivity index (χ3v) is 9.97. The van der Waals surface area contributed by atoms with Crippen LogP contribution in [-0.4, -0.2) is 44.4 Å². The van der Waals surface area contributed by atoms with Crippen molar-refractivity contribution in [2.24, 2.45) is 5.41 Å². The number of amides is 2. The largest absolute Gasteiger partial charge is 0.493 e. The minimum absolute atomic E-state index is 0.0625. The molecule has 2 N–H and O–H groups in total. The van der Waals surface area contributed by atoms with Crippen LogP contribution in [-0.2, 0) is 30.2 Å². The molecule has 0 bridgehead atoms. The predicted octanol–water partition coefficient (Wildman–Crippen LogP) is 8.66. The molecule has 0 saturated heterocycles. The summed E-state index contributed by atoms with van der Waals surface area (Å²) in [6.07, 6.45) is 2.74. The molecule has 0 aliphatic rings. The first-order valence-electron chi connectivity index (χ1n) is 17.5. The van der Waals surface area contributed by atoms with Gasteiger partial charge in [0.1, 0.15) is 5.75 Å². The molecule has 272 valence electrons. The Morgan fingerprint density at radius 1 is 0.804 bits per heavy atom. The van der Waals surface area contributed by atoms with Gasteiger partial charge in [-0.1, -0.05) is 122 Å². The SMILES string of the molecule is CCC(C)(C)c1ccc(OCCCC(=O)Nc2cccc(NC(=O)C(Cl)(C(=O)C(C)(C)C)n3nnc(-c4ccccc4)n3)c2)c(C(C)(C)CC)c1. The van der Waals surface area contributed by atoms with Gasteiger partial charge in [-0.15, -0.1) is 15.0 Å². The van der Waals surface area contributed by atoms with Gasteiger partial charge in [-0.25, -0.2) is 0 Å². The van der Waals surface area contributed by atoms with E-state index in [4.69, 9.17) is 16.3 Å². The fourth-order valence-corrected chi connectivity index (χ4v) is 5.76. The van der Waals surface area contributed by atoms with Gasteiger partial charge in [0.15, 0.2) is 5.78 Å². The number of nitrogens with zero attached hydrogens (tertiary/aromatic N) is 4. The van der Waals surface area contributed by atoms with Crippen LogP contribution < -0.4 is 15.4 Å². The molecule has 4 rings (SSSR count). The minimum Gasteiger partial charge on any atom is -0.493 e. The lowest BCUT2D eigenvalue weighted by molar-refractivity contribution is -0.139. The number of hydrogen-bond acceptors (Lipinski definition) is 7. The van der Waals surface area contributed by atoms with Gasteiger partial charge in [-0.2, -0.15) is 0 Å². The van der Waals surface area contributed by atoms with Crippen molar-refractivity contribution in [1.82, 2.24) is 20.2 Å². The van der Waals surface area contributed by atoms with Crippen molar-refractivity contribution in [3.05, 3.63) is 83.9 Å². The molecule has 0 radical (unpaired) electrons. The van der Waals surface area contributed by atoms with E-state index in [-0.39, 0.29) is 29.0 Å². The summed E-state index contributed by atoms with van der Waals surface area (Å²) >= 11 is 6.87. The predicted molar refractivity (Wildman–Crippen MR) is 203 cm³/mol. The fraction of sp³-hybridized carbons (Fsp3) is 0.450. The molecule has 1 heterocycles.